The SMILES string of the molecule is CN(C(=O)Cc1cccc(O)c1)c1cccc(O)c1. The number of rotatable bonds is 3. The second-order valence-electron chi connectivity index (χ2n) is 4.32. The van der Waals surface area contributed by atoms with Gasteiger partial charge in [-0.25, -0.2) is 0 Å². The summed E-state index contributed by atoms with van der Waals surface area (Å²) in [5.41, 5.74) is 1.38. The Hall–Kier alpha value is -2.49. The van der Waals surface area contributed by atoms with Crippen molar-refractivity contribution < 1.29 is 15.0 Å². The number of phenolic OH excluding ortho intramolecular Hbond substituents is 2. The number of carbonyl (C=O) groups excluding carboxylic acids is 1. The molecule has 19 heavy (non-hydrogen) atoms. The number of amides is 1. The van der Waals surface area contributed by atoms with Crippen LogP contribution in [0, 0.1) is 0 Å². The lowest BCUT2D eigenvalue weighted by atomic mass is 10.1. The van der Waals surface area contributed by atoms with Gasteiger partial charge in [-0.05, 0) is 29.8 Å². The average molecular weight is 257 g/mol. The third-order valence-electron chi connectivity index (χ3n) is 2.86. The van der Waals surface area contributed by atoms with Gasteiger partial charge >= 0.3 is 0 Å². The highest BCUT2D eigenvalue weighted by atomic mass is 16.3. The molecule has 2 N–H and O–H groups in total. The summed E-state index contributed by atoms with van der Waals surface area (Å²) in [6, 6.07) is 13.1. The molecular weight excluding hydrogens is 242 g/mol. The number of hydrogen-bond donors (Lipinski definition) is 2. The Labute approximate surface area is 111 Å². The van der Waals surface area contributed by atoms with Crippen LogP contribution in [0.5, 0.6) is 11.5 Å². The van der Waals surface area contributed by atoms with E-state index in [0.29, 0.717) is 5.69 Å². The van der Waals surface area contributed by atoms with Gasteiger partial charge in [0.1, 0.15) is 11.5 Å². The topological polar surface area (TPSA) is 60.8 Å². The number of carbonyl (C=O) groups is 1. The van der Waals surface area contributed by atoms with Crippen LogP contribution in [0.3, 0.4) is 0 Å². The molecule has 0 fully saturated rings. The van der Waals surface area contributed by atoms with E-state index in [4.69, 9.17) is 0 Å². The van der Waals surface area contributed by atoms with Crippen molar-refractivity contribution in [1.82, 2.24) is 0 Å². The molecule has 0 atom stereocenters. The van der Waals surface area contributed by atoms with E-state index < -0.39 is 0 Å². The highest BCUT2D eigenvalue weighted by Crippen LogP contribution is 2.20. The predicted octanol–water partition coefficient (Wildman–Crippen LogP) is 2.30. The Balaban J connectivity index is 2.12. The molecule has 98 valence electrons. The third kappa shape index (κ3) is 3.25. The molecule has 0 aliphatic heterocycles. The van der Waals surface area contributed by atoms with Gasteiger partial charge in [0.2, 0.25) is 5.91 Å². The number of nitrogens with zero attached hydrogens (tertiary/aromatic N) is 1. The van der Waals surface area contributed by atoms with Gasteiger partial charge in [0.25, 0.3) is 0 Å². The van der Waals surface area contributed by atoms with Crippen molar-refractivity contribution in [3.8, 4) is 11.5 Å². The average Bonchev–Trinajstić information content (AvgIpc) is 2.38. The standard InChI is InChI=1S/C15H15NO3/c1-16(12-5-3-7-14(18)10-12)15(19)9-11-4-2-6-13(17)8-11/h2-8,10,17-18H,9H2,1H3. The number of likely N-dealkylation sites (N-methyl/N-ethyl adjacent to an activating group) is 1. The van der Waals surface area contributed by atoms with E-state index in [0.717, 1.165) is 5.56 Å². The molecule has 2 aromatic carbocycles. The maximum absolute atomic E-state index is 12.1. The summed E-state index contributed by atoms with van der Waals surface area (Å²) in [7, 11) is 1.65. The fourth-order valence-electron chi connectivity index (χ4n) is 1.81. The van der Waals surface area contributed by atoms with Gasteiger partial charge in [0.15, 0.2) is 0 Å². The van der Waals surface area contributed by atoms with Crippen molar-refractivity contribution in [2.24, 2.45) is 0 Å². The molecule has 0 saturated carbocycles. The van der Waals surface area contributed by atoms with Crippen LogP contribution in [-0.2, 0) is 11.2 Å². The van der Waals surface area contributed by atoms with Gasteiger partial charge in [-0.15, -0.1) is 0 Å². The highest BCUT2D eigenvalue weighted by molar-refractivity contribution is 5.94. The Morgan fingerprint density at radius 3 is 2.32 bits per heavy atom. The maximum atomic E-state index is 12.1. The third-order valence-corrected chi connectivity index (χ3v) is 2.86. The van der Waals surface area contributed by atoms with Crippen LogP contribution in [0.4, 0.5) is 5.69 Å². The van der Waals surface area contributed by atoms with Crippen molar-refractivity contribution in [2.75, 3.05) is 11.9 Å². The Morgan fingerprint density at radius 2 is 1.68 bits per heavy atom. The quantitative estimate of drug-likeness (QED) is 0.887. The molecule has 0 heterocycles. The van der Waals surface area contributed by atoms with E-state index >= 15 is 0 Å². The van der Waals surface area contributed by atoms with Gasteiger partial charge in [-0.1, -0.05) is 18.2 Å². The van der Waals surface area contributed by atoms with E-state index in [9.17, 15) is 15.0 Å². The van der Waals surface area contributed by atoms with Crippen LogP contribution in [0.25, 0.3) is 0 Å². The van der Waals surface area contributed by atoms with E-state index in [1.165, 1.54) is 11.0 Å². The highest BCUT2D eigenvalue weighted by Gasteiger charge is 2.12. The van der Waals surface area contributed by atoms with Crippen molar-refractivity contribution >= 4 is 11.6 Å². The molecule has 0 aliphatic rings. The van der Waals surface area contributed by atoms with E-state index in [1.54, 1.807) is 49.5 Å². The van der Waals surface area contributed by atoms with Crippen molar-refractivity contribution in [1.29, 1.82) is 0 Å². The van der Waals surface area contributed by atoms with Crippen LogP contribution in [0.15, 0.2) is 48.5 Å². The summed E-state index contributed by atoms with van der Waals surface area (Å²) in [6.45, 7) is 0. The molecule has 1 amide bonds. The molecule has 0 radical (unpaired) electrons. The molecule has 0 unspecified atom stereocenters. The predicted molar refractivity (Wildman–Crippen MR) is 73.3 cm³/mol. The molecular formula is C15H15NO3. The zero-order valence-electron chi connectivity index (χ0n) is 10.6. The molecule has 0 aliphatic carbocycles. The minimum Gasteiger partial charge on any atom is -0.508 e. The molecule has 2 aromatic rings. The number of phenols is 2. The second kappa shape index (κ2) is 5.44. The van der Waals surface area contributed by atoms with Crippen molar-refractivity contribution in [3.05, 3.63) is 54.1 Å². The number of hydrogen-bond acceptors (Lipinski definition) is 3. The lowest BCUT2D eigenvalue weighted by Gasteiger charge is -2.17. The molecule has 0 spiro atoms. The smallest absolute Gasteiger partial charge is 0.231 e. The molecule has 0 saturated heterocycles. The first-order valence-electron chi connectivity index (χ1n) is 5.90. The van der Waals surface area contributed by atoms with Gasteiger partial charge in [-0.2, -0.15) is 0 Å². The monoisotopic (exact) mass is 257 g/mol. The zero-order chi connectivity index (χ0) is 13.8. The van der Waals surface area contributed by atoms with Crippen molar-refractivity contribution in [2.45, 2.75) is 6.42 Å². The molecule has 2 rings (SSSR count). The number of aromatic hydroxyl groups is 2. The maximum Gasteiger partial charge on any atom is 0.231 e. The van der Waals surface area contributed by atoms with Crippen LogP contribution < -0.4 is 4.90 Å². The summed E-state index contributed by atoms with van der Waals surface area (Å²) >= 11 is 0. The lowest BCUT2D eigenvalue weighted by molar-refractivity contribution is -0.117. The van der Waals surface area contributed by atoms with Crippen LogP contribution in [0.2, 0.25) is 0 Å². The summed E-state index contributed by atoms with van der Waals surface area (Å²) in [4.78, 5) is 13.6. The van der Waals surface area contributed by atoms with Gasteiger partial charge < -0.3 is 15.1 Å². The van der Waals surface area contributed by atoms with Gasteiger partial charge in [0, 0.05) is 18.8 Å². The van der Waals surface area contributed by atoms with Crippen LogP contribution in [-0.4, -0.2) is 23.2 Å². The Kier molecular flexibility index (Phi) is 3.71. The Bertz CT molecular complexity index is 595. The summed E-state index contributed by atoms with van der Waals surface area (Å²) in [5.74, 6) is 0.149. The normalized spacial score (nSPS) is 10.2. The molecule has 0 bridgehead atoms. The second-order valence-corrected chi connectivity index (χ2v) is 4.32. The number of anilines is 1. The number of benzene rings is 2. The van der Waals surface area contributed by atoms with E-state index in [-0.39, 0.29) is 23.8 Å². The molecule has 4 heteroatoms. The van der Waals surface area contributed by atoms with Gasteiger partial charge in [-0.3, -0.25) is 4.79 Å². The fraction of sp³-hybridized carbons (Fsp3) is 0.133. The van der Waals surface area contributed by atoms with E-state index in [1.807, 2.05) is 0 Å². The van der Waals surface area contributed by atoms with E-state index in [2.05, 4.69) is 0 Å². The fourth-order valence-corrected chi connectivity index (χ4v) is 1.81. The summed E-state index contributed by atoms with van der Waals surface area (Å²) < 4.78 is 0. The lowest BCUT2D eigenvalue weighted by Crippen LogP contribution is -2.27. The Morgan fingerprint density at radius 1 is 1.05 bits per heavy atom. The van der Waals surface area contributed by atoms with Crippen molar-refractivity contribution in [3.63, 3.8) is 0 Å². The zero-order valence-corrected chi connectivity index (χ0v) is 10.6. The molecule has 0 aromatic heterocycles. The molecule has 4 nitrogen and oxygen atoms in total. The van der Waals surface area contributed by atoms with Crippen LogP contribution in [0.1, 0.15) is 5.56 Å². The first-order valence-corrected chi connectivity index (χ1v) is 5.90. The first-order chi connectivity index (χ1) is 9.06. The van der Waals surface area contributed by atoms with Crippen LogP contribution >= 0.6 is 0 Å². The largest absolute Gasteiger partial charge is 0.508 e. The van der Waals surface area contributed by atoms with Gasteiger partial charge in [0.05, 0.1) is 6.42 Å². The summed E-state index contributed by atoms with van der Waals surface area (Å²) in [6.07, 6.45) is 0.195. The first kappa shape index (κ1) is 13.0. The summed E-state index contributed by atoms with van der Waals surface area (Å²) in [5, 5.41) is 18.8. The minimum atomic E-state index is -0.115. The minimum absolute atomic E-state index is 0.115.